The molecule has 0 aliphatic rings. The van der Waals surface area contributed by atoms with E-state index in [1.165, 1.54) is 32.4 Å². The van der Waals surface area contributed by atoms with Gasteiger partial charge in [-0.1, -0.05) is 0 Å². The van der Waals surface area contributed by atoms with Crippen molar-refractivity contribution in [2.45, 2.75) is 12.4 Å². The highest BCUT2D eigenvalue weighted by Crippen LogP contribution is 2.36. The average Bonchev–Trinajstić information content (AvgIpc) is 2.69. The van der Waals surface area contributed by atoms with Crippen LogP contribution in [0, 0.1) is 0 Å². The van der Waals surface area contributed by atoms with E-state index in [4.69, 9.17) is 9.47 Å². The number of hydrogen-bond donors (Lipinski definition) is 2. The lowest BCUT2D eigenvalue weighted by Gasteiger charge is -2.14. The summed E-state index contributed by atoms with van der Waals surface area (Å²) in [7, 11) is 2.68. The Bertz CT molecular complexity index is 924. The Labute approximate surface area is 165 Å². The third-order valence-corrected chi connectivity index (χ3v) is 3.79. The minimum atomic E-state index is -5.11. The SMILES string of the molecule is COc1ccc(C(=O)NNC(=O)c2cc(C(F)(F)F)cc(C(F)(F)F)c2)cc1OC. The maximum Gasteiger partial charge on any atom is 0.416 e. The van der Waals surface area contributed by atoms with E-state index in [1.54, 1.807) is 5.43 Å². The largest absolute Gasteiger partial charge is 0.493 e. The summed E-state index contributed by atoms with van der Waals surface area (Å²) >= 11 is 0. The summed E-state index contributed by atoms with van der Waals surface area (Å²) in [4.78, 5) is 24.2. The second-order valence-electron chi connectivity index (χ2n) is 5.77. The molecule has 0 aromatic heterocycles. The van der Waals surface area contributed by atoms with Gasteiger partial charge in [0.05, 0.1) is 25.3 Å². The predicted octanol–water partition coefficient (Wildman–Crippen LogP) is 3.82. The molecule has 0 saturated carbocycles. The van der Waals surface area contributed by atoms with E-state index in [0.717, 1.165) is 0 Å². The van der Waals surface area contributed by atoms with E-state index in [9.17, 15) is 35.9 Å². The highest BCUT2D eigenvalue weighted by molar-refractivity contribution is 5.99. The van der Waals surface area contributed by atoms with Crippen LogP contribution in [0.1, 0.15) is 31.8 Å². The van der Waals surface area contributed by atoms with E-state index in [-0.39, 0.29) is 29.5 Å². The number of hydrogen-bond acceptors (Lipinski definition) is 4. The summed E-state index contributed by atoms with van der Waals surface area (Å²) in [6.07, 6.45) is -10.2. The van der Waals surface area contributed by atoms with Crippen LogP contribution in [0.3, 0.4) is 0 Å². The van der Waals surface area contributed by atoms with Crippen molar-refractivity contribution in [3.63, 3.8) is 0 Å². The molecule has 2 aromatic rings. The molecule has 162 valence electrons. The molecule has 0 spiro atoms. The van der Waals surface area contributed by atoms with Crippen molar-refractivity contribution in [2.24, 2.45) is 0 Å². The quantitative estimate of drug-likeness (QED) is 0.565. The normalized spacial score (nSPS) is 11.6. The minimum absolute atomic E-state index is 0.0204. The Hall–Kier alpha value is -3.44. The molecule has 12 heteroatoms. The molecule has 0 aliphatic carbocycles. The summed E-state index contributed by atoms with van der Waals surface area (Å²) in [5.41, 5.74) is -0.597. The third-order valence-electron chi connectivity index (χ3n) is 3.79. The highest BCUT2D eigenvalue weighted by atomic mass is 19.4. The topological polar surface area (TPSA) is 76.7 Å². The van der Waals surface area contributed by atoms with E-state index in [2.05, 4.69) is 0 Å². The molecule has 30 heavy (non-hydrogen) atoms. The first kappa shape index (κ1) is 22.8. The minimum Gasteiger partial charge on any atom is -0.493 e. The van der Waals surface area contributed by atoms with Gasteiger partial charge in [0.1, 0.15) is 0 Å². The molecule has 0 aliphatic heterocycles. The molecule has 2 rings (SSSR count). The zero-order valence-electron chi connectivity index (χ0n) is 15.4. The Kier molecular flexibility index (Phi) is 6.48. The van der Waals surface area contributed by atoms with Crippen LogP contribution < -0.4 is 20.3 Å². The van der Waals surface area contributed by atoms with Gasteiger partial charge in [-0.25, -0.2) is 0 Å². The molecule has 2 aromatic carbocycles. The second-order valence-corrected chi connectivity index (χ2v) is 5.77. The van der Waals surface area contributed by atoms with Crippen LogP contribution in [0.25, 0.3) is 0 Å². The molecule has 2 N–H and O–H groups in total. The van der Waals surface area contributed by atoms with Crippen LogP contribution in [0.15, 0.2) is 36.4 Å². The van der Waals surface area contributed by atoms with Crippen molar-refractivity contribution < 1.29 is 45.4 Å². The number of rotatable bonds is 4. The number of methoxy groups -OCH3 is 2. The van der Waals surface area contributed by atoms with Crippen molar-refractivity contribution >= 4 is 11.8 Å². The van der Waals surface area contributed by atoms with Crippen molar-refractivity contribution in [2.75, 3.05) is 14.2 Å². The number of halogens is 6. The van der Waals surface area contributed by atoms with E-state index < -0.39 is 40.9 Å². The average molecular weight is 436 g/mol. The summed E-state index contributed by atoms with van der Waals surface area (Å²) in [5, 5.41) is 0. The van der Waals surface area contributed by atoms with Gasteiger partial charge in [-0.15, -0.1) is 0 Å². The van der Waals surface area contributed by atoms with Crippen LogP contribution in [0.2, 0.25) is 0 Å². The van der Waals surface area contributed by atoms with Crippen LogP contribution >= 0.6 is 0 Å². The van der Waals surface area contributed by atoms with Gasteiger partial charge in [0.2, 0.25) is 0 Å². The molecule has 0 radical (unpaired) electrons. The first-order valence-corrected chi connectivity index (χ1v) is 7.99. The van der Waals surface area contributed by atoms with Gasteiger partial charge < -0.3 is 9.47 Å². The lowest BCUT2D eigenvalue weighted by molar-refractivity contribution is -0.143. The van der Waals surface area contributed by atoms with E-state index >= 15 is 0 Å². The number of hydrazine groups is 1. The lowest BCUT2D eigenvalue weighted by Crippen LogP contribution is -2.41. The number of nitrogens with one attached hydrogen (secondary N) is 2. The van der Waals surface area contributed by atoms with Gasteiger partial charge in [0, 0.05) is 11.1 Å². The number of ether oxygens (including phenoxy) is 2. The van der Waals surface area contributed by atoms with Crippen LogP contribution in [-0.4, -0.2) is 26.0 Å². The Morgan fingerprint density at radius 3 is 1.60 bits per heavy atom. The molecule has 0 unspecified atom stereocenters. The molecule has 0 heterocycles. The Morgan fingerprint density at radius 1 is 0.700 bits per heavy atom. The van der Waals surface area contributed by atoms with E-state index in [0.29, 0.717) is 5.75 Å². The van der Waals surface area contributed by atoms with Gasteiger partial charge >= 0.3 is 12.4 Å². The fourth-order valence-electron chi connectivity index (χ4n) is 2.32. The fourth-order valence-corrected chi connectivity index (χ4v) is 2.32. The van der Waals surface area contributed by atoms with Gasteiger partial charge in [-0.3, -0.25) is 20.4 Å². The smallest absolute Gasteiger partial charge is 0.416 e. The summed E-state index contributed by atoms with van der Waals surface area (Å²) in [6, 6.07) is 4.32. The molecule has 0 bridgehead atoms. The highest BCUT2D eigenvalue weighted by Gasteiger charge is 2.37. The zero-order valence-corrected chi connectivity index (χ0v) is 15.4. The van der Waals surface area contributed by atoms with Crippen LogP contribution in [0.5, 0.6) is 11.5 Å². The van der Waals surface area contributed by atoms with Gasteiger partial charge in [-0.2, -0.15) is 26.3 Å². The molecular weight excluding hydrogens is 422 g/mol. The van der Waals surface area contributed by atoms with Crippen molar-refractivity contribution in [3.05, 3.63) is 58.7 Å². The molecular formula is C18H14F6N2O4. The van der Waals surface area contributed by atoms with Crippen molar-refractivity contribution in [1.29, 1.82) is 0 Å². The van der Waals surface area contributed by atoms with Crippen molar-refractivity contribution in [3.8, 4) is 11.5 Å². The Morgan fingerprint density at radius 2 is 1.17 bits per heavy atom. The number of benzene rings is 2. The molecule has 6 nitrogen and oxygen atoms in total. The number of amides is 2. The lowest BCUT2D eigenvalue weighted by atomic mass is 10.0. The van der Waals surface area contributed by atoms with Gasteiger partial charge in [0.15, 0.2) is 11.5 Å². The molecule has 0 atom stereocenters. The maximum absolute atomic E-state index is 12.9. The maximum atomic E-state index is 12.9. The van der Waals surface area contributed by atoms with Crippen molar-refractivity contribution in [1.82, 2.24) is 10.9 Å². The first-order valence-electron chi connectivity index (χ1n) is 7.99. The van der Waals surface area contributed by atoms with Crippen LogP contribution in [0.4, 0.5) is 26.3 Å². The number of carbonyl (C=O) groups excluding carboxylic acids is 2. The first-order chi connectivity index (χ1) is 13.9. The predicted molar refractivity (Wildman–Crippen MR) is 90.9 cm³/mol. The van der Waals surface area contributed by atoms with E-state index in [1.807, 2.05) is 5.43 Å². The number of alkyl halides is 6. The van der Waals surface area contributed by atoms with Crippen LogP contribution in [-0.2, 0) is 12.4 Å². The number of carbonyl (C=O) groups is 2. The molecule has 2 amide bonds. The fraction of sp³-hybridized carbons (Fsp3) is 0.222. The summed E-state index contributed by atoms with van der Waals surface area (Å²) in [5.74, 6) is -1.78. The van der Waals surface area contributed by atoms with Gasteiger partial charge in [0.25, 0.3) is 11.8 Å². The summed E-state index contributed by atoms with van der Waals surface area (Å²) in [6.45, 7) is 0. The molecule has 0 fully saturated rings. The standard InChI is InChI=1S/C18H14F6N2O4/c1-29-13-4-3-9(7-14(13)30-2)15(27)25-26-16(28)10-5-11(17(19,20)21)8-12(6-10)18(22,23)24/h3-8H,1-2H3,(H,25,27)(H,26,28). The molecule has 0 saturated heterocycles. The summed E-state index contributed by atoms with van der Waals surface area (Å²) < 4.78 is 87.3. The second kappa shape index (κ2) is 8.51. The monoisotopic (exact) mass is 436 g/mol. The van der Waals surface area contributed by atoms with Gasteiger partial charge in [-0.05, 0) is 36.4 Å². The Balaban J connectivity index is 2.23. The zero-order chi connectivity index (χ0) is 22.7. The third kappa shape index (κ3) is 5.33.